The van der Waals surface area contributed by atoms with E-state index < -0.39 is 0 Å². The van der Waals surface area contributed by atoms with Gasteiger partial charge in [0.25, 0.3) is 0 Å². The summed E-state index contributed by atoms with van der Waals surface area (Å²) in [5, 5.41) is 11.1. The molecular weight excluding hydrogens is 166 g/mol. The van der Waals surface area contributed by atoms with Gasteiger partial charge in [-0.3, -0.25) is 0 Å². The quantitative estimate of drug-likeness (QED) is 0.679. The van der Waals surface area contributed by atoms with Crippen molar-refractivity contribution in [2.75, 3.05) is 6.54 Å². The summed E-state index contributed by atoms with van der Waals surface area (Å²) in [5.41, 5.74) is 0. The van der Waals surface area contributed by atoms with Gasteiger partial charge in [0.05, 0.1) is 6.54 Å². The highest BCUT2D eigenvalue weighted by Gasteiger charge is 2.03. The molecule has 0 radical (unpaired) electrons. The zero-order valence-electron chi connectivity index (χ0n) is 8.34. The van der Waals surface area contributed by atoms with Crippen molar-refractivity contribution >= 4 is 0 Å². The van der Waals surface area contributed by atoms with Gasteiger partial charge in [-0.1, -0.05) is 13.8 Å². The van der Waals surface area contributed by atoms with E-state index >= 15 is 0 Å². The predicted octanol–water partition coefficient (Wildman–Crippen LogP) is 1.52. The minimum absolute atomic E-state index is 0.685. The molecule has 0 aliphatic carbocycles. The molecular formula is C9H17N3O. The van der Waals surface area contributed by atoms with Gasteiger partial charge in [-0.05, 0) is 19.4 Å². The van der Waals surface area contributed by atoms with Crippen LogP contribution in [-0.2, 0) is 13.0 Å². The number of nitrogens with one attached hydrogen (secondary N) is 1. The Labute approximate surface area is 78.7 Å². The highest BCUT2D eigenvalue weighted by Crippen LogP contribution is 2.01. The predicted molar refractivity (Wildman–Crippen MR) is 50.3 cm³/mol. The Hall–Kier alpha value is -0.900. The smallest absolute Gasteiger partial charge is 0.230 e. The summed E-state index contributed by atoms with van der Waals surface area (Å²) in [6.07, 6.45) is 3.04. The third-order valence-electron chi connectivity index (χ3n) is 1.68. The molecule has 4 nitrogen and oxygen atoms in total. The number of hydrogen-bond acceptors (Lipinski definition) is 4. The Bertz CT molecular complexity index is 235. The summed E-state index contributed by atoms with van der Waals surface area (Å²) in [6.45, 7) is 5.90. The van der Waals surface area contributed by atoms with E-state index in [1.807, 2.05) is 0 Å². The lowest BCUT2D eigenvalue weighted by Gasteiger charge is -1.96. The van der Waals surface area contributed by atoms with Crippen molar-refractivity contribution in [3.8, 4) is 0 Å². The van der Waals surface area contributed by atoms with Gasteiger partial charge in [-0.2, -0.15) is 0 Å². The zero-order valence-corrected chi connectivity index (χ0v) is 8.34. The van der Waals surface area contributed by atoms with Crippen LogP contribution in [0.4, 0.5) is 0 Å². The summed E-state index contributed by atoms with van der Waals surface area (Å²) < 4.78 is 5.39. The summed E-state index contributed by atoms with van der Waals surface area (Å²) >= 11 is 0. The van der Waals surface area contributed by atoms with Gasteiger partial charge in [0.2, 0.25) is 11.8 Å². The summed E-state index contributed by atoms with van der Waals surface area (Å²) in [6, 6.07) is 0. The number of aryl methyl sites for hydroxylation is 1. The third kappa shape index (κ3) is 3.55. The van der Waals surface area contributed by atoms with E-state index in [0.717, 1.165) is 31.7 Å². The molecule has 0 saturated carbocycles. The highest BCUT2D eigenvalue weighted by atomic mass is 16.4. The molecule has 0 bridgehead atoms. The van der Waals surface area contributed by atoms with Crippen LogP contribution in [0.2, 0.25) is 0 Å². The molecule has 4 heteroatoms. The van der Waals surface area contributed by atoms with E-state index in [9.17, 15) is 0 Å². The molecule has 0 aromatic carbocycles. The van der Waals surface area contributed by atoms with Crippen molar-refractivity contribution in [2.24, 2.45) is 0 Å². The van der Waals surface area contributed by atoms with Crippen molar-refractivity contribution in [1.29, 1.82) is 0 Å². The summed E-state index contributed by atoms with van der Waals surface area (Å²) in [7, 11) is 0. The molecule has 0 spiro atoms. The molecule has 0 atom stereocenters. The average Bonchev–Trinajstić information content (AvgIpc) is 2.54. The zero-order chi connectivity index (χ0) is 9.52. The van der Waals surface area contributed by atoms with E-state index in [4.69, 9.17) is 4.42 Å². The lowest BCUT2D eigenvalue weighted by atomic mass is 10.3. The van der Waals surface area contributed by atoms with Gasteiger partial charge >= 0.3 is 0 Å². The van der Waals surface area contributed by atoms with Crippen molar-refractivity contribution < 1.29 is 4.42 Å². The van der Waals surface area contributed by atoms with Crippen LogP contribution in [0.5, 0.6) is 0 Å². The normalized spacial score (nSPS) is 10.6. The number of hydrogen-bond donors (Lipinski definition) is 1. The van der Waals surface area contributed by atoms with E-state index in [1.165, 1.54) is 0 Å². The first-order valence-electron chi connectivity index (χ1n) is 4.88. The number of aromatic nitrogens is 2. The molecule has 1 aromatic heterocycles. The molecule has 0 saturated heterocycles. The Kier molecular flexibility index (Phi) is 4.46. The molecule has 0 fully saturated rings. The fraction of sp³-hybridized carbons (Fsp3) is 0.778. The SMILES string of the molecule is CCCNCc1nnc(CCC)o1. The molecule has 1 rings (SSSR count). The Balaban J connectivity index is 2.31. The molecule has 1 heterocycles. The van der Waals surface area contributed by atoms with Crippen molar-refractivity contribution in [1.82, 2.24) is 15.5 Å². The lowest BCUT2D eigenvalue weighted by Crippen LogP contribution is -2.13. The second kappa shape index (κ2) is 5.70. The average molecular weight is 183 g/mol. The molecule has 0 amide bonds. The van der Waals surface area contributed by atoms with Crippen LogP contribution in [0, 0.1) is 0 Å². The first kappa shape index (κ1) is 10.2. The van der Waals surface area contributed by atoms with Crippen LogP contribution < -0.4 is 5.32 Å². The highest BCUT2D eigenvalue weighted by molar-refractivity contribution is 4.81. The maximum absolute atomic E-state index is 5.39. The van der Waals surface area contributed by atoms with Crippen LogP contribution in [0.3, 0.4) is 0 Å². The van der Waals surface area contributed by atoms with Crippen molar-refractivity contribution in [2.45, 2.75) is 39.7 Å². The summed E-state index contributed by atoms with van der Waals surface area (Å²) in [4.78, 5) is 0. The van der Waals surface area contributed by atoms with Gasteiger partial charge < -0.3 is 9.73 Å². The summed E-state index contributed by atoms with van der Waals surface area (Å²) in [5.74, 6) is 1.44. The molecule has 13 heavy (non-hydrogen) atoms. The first-order valence-corrected chi connectivity index (χ1v) is 4.88. The van der Waals surface area contributed by atoms with Crippen LogP contribution >= 0.6 is 0 Å². The van der Waals surface area contributed by atoms with Gasteiger partial charge in [0.1, 0.15) is 0 Å². The second-order valence-corrected chi connectivity index (χ2v) is 3.02. The molecule has 1 aromatic rings. The number of nitrogens with zero attached hydrogens (tertiary/aromatic N) is 2. The van der Waals surface area contributed by atoms with E-state index in [-0.39, 0.29) is 0 Å². The Morgan fingerprint density at radius 3 is 2.62 bits per heavy atom. The van der Waals surface area contributed by atoms with Crippen LogP contribution in [0.1, 0.15) is 38.5 Å². The maximum atomic E-state index is 5.39. The minimum atomic E-state index is 0.685. The number of rotatable bonds is 6. The van der Waals surface area contributed by atoms with Gasteiger partial charge in [0, 0.05) is 6.42 Å². The van der Waals surface area contributed by atoms with Gasteiger partial charge in [-0.25, -0.2) is 0 Å². The fourth-order valence-corrected chi connectivity index (χ4v) is 1.05. The van der Waals surface area contributed by atoms with Crippen LogP contribution in [-0.4, -0.2) is 16.7 Å². The molecule has 1 N–H and O–H groups in total. The third-order valence-corrected chi connectivity index (χ3v) is 1.68. The van der Waals surface area contributed by atoms with Crippen LogP contribution in [0.15, 0.2) is 4.42 Å². The molecule has 74 valence electrons. The topological polar surface area (TPSA) is 51.0 Å². The second-order valence-electron chi connectivity index (χ2n) is 3.02. The van der Waals surface area contributed by atoms with Crippen molar-refractivity contribution in [3.63, 3.8) is 0 Å². The first-order chi connectivity index (χ1) is 6.36. The molecule has 0 unspecified atom stereocenters. The lowest BCUT2D eigenvalue weighted by molar-refractivity contribution is 0.430. The van der Waals surface area contributed by atoms with E-state index in [0.29, 0.717) is 12.4 Å². The molecule has 0 aliphatic rings. The standard InChI is InChI=1S/C9H17N3O/c1-3-5-8-11-12-9(13-8)7-10-6-4-2/h10H,3-7H2,1-2H3. The Morgan fingerprint density at radius 2 is 1.92 bits per heavy atom. The van der Waals surface area contributed by atoms with Crippen molar-refractivity contribution in [3.05, 3.63) is 11.8 Å². The van der Waals surface area contributed by atoms with E-state index in [2.05, 4.69) is 29.4 Å². The van der Waals surface area contributed by atoms with Gasteiger partial charge in [0.15, 0.2) is 0 Å². The fourth-order valence-electron chi connectivity index (χ4n) is 1.05. The van der Waals surface area contributed by atoms with Gasteiger partial charge in [-0.15, -0.1) is 10.2 Å². The largest absolute Gasteiger partial charge is 0.424 e. The van der Waals surface area contributed by atoms with E-state index in [1.54, 1.807) is 0 Å². The minimum Gasteiger partial charge on any atom is -0.424 e. The Morgan fingerprint density at radius 1 is 1.15 bits per heavy atom. The molecule has 0 aliphatic heterocycles. The maximum Gasteiger partial charge on any atom is 0.230 e. The monoisotopic (exact) mass is 183 g/mol. The van der Waals surface area contributed by atoms with Crippen LogP contribution in [0.25, 0.3) is 0 Å².